The van der Waals surface area contributed by atoms with Crippen LogP contribution in [0, 0.1) is 0 Å². The quantitative estimate of drug-likeness (QED) is 0.797. The lowest BCUT2D eigenvalue weighted by Crippen LogP contribution is -1.98. The van der Waals surface area contributed by atoms with Gasteiger partial charge in [-0.25, -0.2) is 15.0 Å². The maximum absolute atomic E-state index is 4.53. The Morgan fingerprint density at radius 1 is 1.32 bits per heavy atom. The Labute approximate surface area is 122 Å². The summed E-state index contributed by atoms with van der Waals surface area (Å²) in [7, 11) is 1.84. The first-order valence-corrected chi connectivity index (χ1v) is 7.18. The van der Waals surface area contributed by atoms with Crippen LogP contribution in [0.2, 0.25) is 0 Å². The molecule has 3 aromatic heterocycles. The summed E-state index contributed by atoms with van der Waals surface area (Å²) in [6.07, 6.45) is 7.33. The summed E-state index contributed by atoms with van der Waals surface area (Å²) in [5.41, 5.74) is 0.828. The molecular formula is C12H10BrN5S. The van der Waals surface area contributed by atoms with E-state index in [4.69, 9.17) is 0 Å². The number of rotatable bonds is 3. The van der Waals surface area contributed by atoms with Crippen molar-refractivity contribution in [3.63, 3.8) is 0 Å². The molecule has 5 nitrogen and oxygen atoms in total. The summed E-state index contributed by atoms with van der Waals surface area (Å²) in [6.45, 7) is 0. The standard InChI is InChI=1S/C12H10BrN5S/c1-14-9-7-18-5-4-15-11(18)12(17-9)19-10-3-2-8(13)6-16-10/h2-7,14H,1H3. The fourth-order valence-corrected chi connectivity index (χ4v) is 2.68. The van der Waals surface area contributed by atoms with Gasteiger partial charge in [-0.3, -0.25) is 0 Å². The van der Waals surface area contributed by atoms with Crippen molar-refractivity contribution in [1.29, 1.82) is 0 Å². The smallest absolute Gasteiger partial charge is 0.170 e. The summed E-state index contributed by atoms with van der Waals surface area (Å²) in [5, 5.41) is 4.75. The van der Waals surface area contributed by atoms with Gasteiger partial charge in [-0.05, 0) is 39.8 Å². The van der Waals surface area contributed by atoms with Crippen LogP contribution in [-0.4, -0.2) is 26.4 Å². The van der Waals surface area contributed by atoms with Crippen molar-refractivity contribution in [3.8, 4) is 0 Å². The number of nitrogens with one attached hydrogen (secondary N) is 1. The molecule has 0 radical (unpaired) electrons. The lowest BCUT2D eigenvalue weighted by atomic mass is 10.5. The van der Waals surface area contributed by atoms with Crippen LogP contribution in [0.5, 0.6) is 0 Å². The van der Waals surface area contributed by atoms with Gasteiger partial charge in [0.05, 0.1) is 6.20 Å². The minimum absolute atomic E-state index is 0.796. The van der Waals surface area contributed by atoms with Crippen molar-refractivity contribution < 1.29 is 0 Å². The zero-order valence-corrected chi connectivity index (χ0v) is 12.4. The summed E-state index contributed by atoms with van der Waals surface area (Å²) in [5.74, 6) is 0.796. The summed E-state index contributed by atoms with van der Waals surface area (Å²) < 4.78 is 2.90. The molecule has 19 heavy (non-hydrogen) atoms. The monoisotopic (exact) mass is 335 g/mol. The number of fused-ring (bicyclic) bond motifs is 1. The number of pyridine rings is 1. The van der Waals surface area contributed by atoms with Crippen LogP contribution in [-0.2, 0) is 0 Å². The van der Waals surface area contributed by atoms with Gasteiger partial charge in [0, 0.05) is 30.1 Å². The van der Waals surface area contributed by atoms with Crippen LogP contribution in [0.15, 0.2) is 51.4 Å². The van der Waals surface area contributed by atoms with Crippen LogP contribution in [0.1, 0.15) is 0 Å². The van der Waals surface area contributed by atoms with Crippen molar-refractivity contribution in [2.45, 2.75) is 10.1 Å². The lowest BCUT2D eigenvalue weighted by Gasteiger charge is -2.06. The Hall–Kier alpha value is -1.60. The van der Waals surface area contributed by atoms with Gasteiger partial charge in [0.1, 0.15) is 15.9 Å². The predicted molar refractivity (Wildman–Crippen MR) is 78.6 cm³/mol. The minimum Gasteiger partial charge on any atom is -0.372 e. The molecular weight excluding hydrogens is 326 g/mol. The highest BCUT2D eigenvalue weighted by molar-refractivity contribution is 9.10. The summed E-state index contributed by atoms with van der Waals surface area (Å²) in [6, 6.07) is 3.90. The SMILES string of the molecule is CNc1cn2ccnc2c(Sc2ccc(Br)cn2)n1. The molecule has 0 atom stereocenters. The van der Waals surface area contributed by atoms with Crippen molar-refractivity contribution in [1.82, 2.24) is 19.4 Å². The Kier molecular flexibility index (Phi) is 3.39. The third-order valence-electron chi connectivity index (χ3n) is 2.50. The summed E-state index contributed by atoms with van der Waals surface area (Å²) in [4.78, 5) is 13.2. The van der Waals surface area contributed by atoms with Gasteiger partial charge in [0.2, 0.25) is 0 Å². The Bertz CT molecular complexity index is 710. The van der Waals surface area contributed by atoms with E-state index in [1.54, 1.807) is 12.4 Å². The van der Waals surface area contributed by atoms with E-state index in [9.17, 15) is 0 Å². The number of hydrogen-bond acceptors (Lipinski definition) is 5. The van der Waals surface area contributed by atoms with E-state index in [-0.39, 0.29) is 0 Å². The largest absolute Gasteiger partial charge is 0.372 e. The van der Waals surface area contributed by atoms with Crippen molar-refractivity contribution in [3.05, 3.63) is 41.4 Å². The third kappa shape index (κ3) is 2.57. The average Bonchev–Trinajstić information content (AvgIpc) is 2.89. The number of aromatic nitrogens is 4. The molecule has 0 aromatic carbocycles. The third-order valence-corrected chi connectivity index (χ3v) is 3.89. The number of nitrogens with zero attached hydrogens (tertiary/aromatic N) is 4. The summed E-state index contributed by atoms with van der Waals surface area (Å²) >= 11 is 4.87. The van der Waals surface area contributed by atoms with Crippen LogP contribution in [0.25, 0.3) is 5.65 Å². The number of hydrogen-bond donors (Lipinski definition) is 1. The van der Waals surface area contributed by atoms with Gasteiger partial charge in [0.25, 0.3) is 0 Å². The first kappa shape index (κ1) is 12.4. The topological polar surface area (TPSA) is 55.1 Å². The lowest BCUT2D eigenvalue weighted by molar-refractivity contribution is 1.02. The van der Waals surface area contributed by atoms with Gasteiger partial charge in [-0.15, -0.1) is 0 Å². The first-order valence-electron chi connectivity index (χ1n) is 5.57. The maximum Gasteiger partial charge on any atom is 0.170 e. The molecule has 0 aliphatic carbocycles. The van der Waals surface area contributed by atoms with Gasteiger partial charge < -0.3 is 9.72 Å². The minimum atomic E-state index is 0.796. The number of anilines is 1. The molecule has 3 aromatic rings. The molecule has 0 aliphatic rings. The maximum atomic E-state index is 4.53. The predicted octanol–water partition coefficient (Wildman–Crippen LogP) is 3.08. The van der Waals surface area contributed by atoms with Crippen LogP contribution >= 0.6 is 27.7 Å². The normalized spacial score (nSPS) is 10.8. The van der Waals surface area contributed by atoms with E-state index in [1.807, 2.05) is 36.0 Å². The van der Waals surface area contributed by atoms with Gasteiger partial charge >= 0.3 is 0 Å². The molecule has 3 heterocycles. The molecule has 1 N–H and O–H groups in total. The van der Waals surface area contributed by atoms with E-state index in [1.165, 1.54) is 11.8 Å². The molecule has 96 valence electrons. The van der Waals surface area contributed by atoms with Gasteiger partial charge in [0.15, 0.2) is 5.65 Å². The molecule has 0 unspecified atom stereocenters. The van der Waals surface area contributed by atoms with Gasteiger partial charge in [-0.2, -0.15) is 0 Å². The molecule has 3 rings (SSSR count). The molecule has 0 saturated carbocycles. The molecule has 0 bridgehead atoms. The second-order valence-electron chi connectivity index (χ2n) is 3.76. The van der Waals surface area contributed by atoms with Crippen LogP contribution in [0.3, 0.4) is 0 Å². The van der Waals surface area contributed by atoms with Crippen molar-refractivity contribution in [2.24, 2.45) is 0 Å². The average molecular weight is 336 g/mol. The molecule has 0 aliphatic heterocycles. The van der Waals surface area contributed by atoms with E-state index >= 15 is 0 Å². The van der Waals surface area contributed by atoms with Crippen molar-refractivity contribution >= 4 is 39.2 Å². The number of halogens is 1. The fraction of sp³-hybridized carbons (Fsp3) is 0.0833. The van der Waals surface area contributed by atoms with Crippen LogP contribution in [0.4, 0.5) is 5.82 Å². The zero-order chi connectivity index (χ0) is 13.2. The Balaban J connectivity index is 2.03. The van der Waals surface area contributed by atoms with Crippen LogP contribution < -0.4 is 5.32 Å². The molecule has 0 saturated heterocycles. The van der Waals surface area contributed by atoms with Gasteiger partial charge in [-0.1, -0.05) is 0 Å². The highest BCUT2D eigenvalue weighted by Crippen LogP contribution is 2.28. The van der Waals surface area contributed by atoms with E-state index in [0.29, 0.717) is 0 Å². The second-order valence-corrected chi connectivity index (χ2v) is 5.68. The van der Waals surface area contributed by atoms with Crippen molar-refractivity contribution in [2.75, 3.05) is 12.4 Å². The van der Waals surface area contributed by atoms with E-state index in [2.05, 4.69) is 36.2 Å². The Morgan fingerprint density at radius 3 is 2.95 bits per heavy atom. The highest BCUT2D eigenvalue weighted by atomic mass is 79.9. The second kappa shape index (κ2) is 5.18. The van der Waals surface area contributed by atoms with E-state index < -0.39 is 0 Å². The fourth-order valence-electron chi connectivity index (χ4n) is 1.61. The van der Waals surface area contributed by atoms with E-state index in [0.717, 1.165) is 26.0 Å². The molecule has 0 fully saturated rings. The highest BCUT2D eigenvalue weighted by Gasteiger charge is 2.09. The molecule has 0 amide bonds. The Morgan fingerprint density at radius 2 is 2.21 bits per heavy atom. The molecule has 0 spiro atoms. The number of imidazole rings is 1. The molecule has 7 heteroatoms. The zero-order valence-electron chi connectivity index (χ0n) is 10.0. The first-order chi connectivity index (χ1) is 9.26.